The monoisotopic (exact) mass is 308 g/mol. The average molecular weight is 308 g/mol. The topological polar surface area (TPSA) is 59.4 Å². The molecule has 1 aliphatic rings. The van der Waals surface area contributed by atoms with Crippen LogP contribution < -0.4 is 5.32 Å². The molecule has 6 nitrogen and oxygen atoms in total. The molecule has 1 aliphatic heterocycles. The van der Waals surface area contributed by atoms with Gasteiger partial charge in [-0.2, -0.15) is 0 Å². The van der Waals surface area contributed by atoms with E-state index in [-0.39, 0.29) is 6.09 Å². The number of nitrogens with zero attached hydrogens (tertiary/aromatic N) is 3. The summed E-state index contributed by atoms with van der Waals surface area (Å²) in [6.07, 6.45) is 5.49. The lowest BCUT2D eigenvalue weighted by atomic mass is 10.1. The van der Waals surface area contributed by atoms with Gasteiger partial charge in [0.1, 0.15) is 5.60 Å². The highest BCUT2D eigenvalue weighted by Crippen LogP contribution is 2.15. The number of imidazole rings is 1. The molecule has 0 atom stereocenters. The lowest BCUT2D eigenvalue weighted by molar-refractivity contribution is 0.0198. The van der Waals surface area contributed by atoms with E-state index in [1.807, 2.05) is 33.3 Å². The summed E-state index contributed by atoms with van der Waals surface area (Å²) in [6.45, 7) is 11.1. The van der Waals surface area contributed by atoms with Gasteiger partial charge in [-0.1, -0.05) is 0 Å². The van der Waals surface area contributed by atoms with Crippen molar-refractivity contribution in [2.75, 3.05) is 13.1 Å². The number of aromatic nitrogens is 2. The molecule has 1 aromatic rings. The number of piperidine rings is 1. The van der Waals surface area contributed by atoms with Gasteiger partial charge in [-0.25, -0.2) is 9.78 Å². The molecule has 0 spiro atoms. The molecule has 2 rings (SSSR count). The van der Waals surface area contributed by atoms with Crippen molar-refractivity contribution in [1.29, 1.82) is 0 Å². The third kappa shape index (κ3) is 4.73. The molecule has 0 aliphatic carbocycles. The van der Waals surface area contributed by atoms with E-state index in [0.29, 0.717) is 6.04 Å². The third-order valence-corrected chi connectivity index (χ3v) is 3.86. The second-order valence-electron chi connectivity index (χ2n) is 6.79. The Kier molecular flexibility index (Phi) is 5.45. The minimum absolute atomic E-state index is 0.199. The van der Waals surface area contributed by atoms with E-state index in [2.05, 4.69) is 21.8 Å². The molecule has 124 valence electrons. The maximum atomic E-state index is 12.0. The van der Waals surface area contributed by atoms with Crippen LogP contribution in [0.25, 0.3) is 0 Å². The number of aryl methyl sites for hydroxylation is 1. The number of carbonyl (C=O) groups is 1. The van der Waals surface area contributed by atoms with Crippen LogP contribution in [0.2, 0.25) is 0 Å². The van der Waals surface area contributed by atoms with Gasteiger partial charge < -0.3 is 19.5 Å². The largest absolute Gasteiger partial charge is 0.444 e. The highest BCUT2D eigenvalue weighted by molar-refractivity contribution is 5.68. The zero-order chi connectivity index (χ0) is 16.2. The smallest absolute Gasteiger partial charge is 0.410 e. The van der Waals surface area contributed by atoms with Crippen molar-refractivity contribution in [1.82, 2.24) is 19.8 Å². The molecule has 0 unspecified atom stereocenters. The summed E-state index contributed by atoms with van der Waals surface area (Å²) >= 11 is 0. The number of likely N-dealkylation sites (tertiary alicyclic amines) is 1. The van der Waals surface area contributed by atoms with Crippen molar-refractivity contribution >= 4 is 6.09 Å². The average Bonchev–Trinajstić information content (AvgIpc) is 2.91. The van der Waals surface area contributed by atoms with Crippen LogP contribution >= 0.6 is 0 Å². The fraction of sp³-hybridized carbons (Fsp3) is 0.750. The molecule has 0 aromatic carbocycles. The van der Waals surface area contributed by atoms with Gasteiger partial charge in [0.05, 0.1) is 12.0 Å². The van der Waals surface area contributed by atoms with Crippen LogP contribution in [0.3, 0.4) is 0 Å². The molecule has 1 fully saturated rings. The first-order valence-electron chi connectivity index (χ1n) is 8.09. The fourth-order valence-corrected chi connectivity index (χ4v) is 2.62. The summed E-state index contributed by atoms with van der Waals surface area (Å²) in [7, 11) is 0. The molecule has 0 saturated carbocycles. The Morgan fingerprint density at radius 2 is 2.09 bits per heavy atom. The quantitative estimate of drug-likeness (QED) is 0.928. The first-order valence-corrected chi connectivity index (χ1v) is 8.09. The van der Waals surface area contributed by atoms with E-state index in [4.69, 9.17) is 4.74 Å². The van der Waals surface area contributed by atoms with E-state index >= 15 is 0 Å². The number of hydrogen-bond donors (Lipinski definition) is 1. The lowest BCUT2D eigenvalue weighted by Gasteiger charge is -2.33. The fourth-order valence-electron chi connectivity index (χ4n) is 2.62. The number of carbonyl (C=O) groups excluding carboxylic acids is 1. The predicted octanol–water partition coefficient (Wildman–Crippen LogP) is 2.39. The summed E-state index contributed by atoms with van der Waals surface area (Å²) in [5.41, 5.74) is 0.780. The maximum absolute atomic E-state index is 12.0. The van der Waals surface area contributed by atoms with E-state index in [1.165, 1.54) is 5.69 Å². The van der Waals surface area contributed by atoms with E-state index in [9.17, 15) is 4.79 Å². The highest BCUT2D eigenvalue weighted by Gasteiger charge is 2.26. The number of hydrogen-bond acceptors (Lipinski definition) is 4. The minimum Gasteiger partial charge on any atom is -0.444 e. The van der Waals surface area contributed by atoms with Gasteiger partial charge in [-0.15, -0.1) is 0 Å². The number of ether oxygens (including phenoxy) is 1. The molecule has 6 heteroatoms. The van der Waals surface area contributed by atoms with Crippen LogP contribution in [-0.2, 0) is 17.8 Å². The number of nitrogens with one attached hydrogen (secondary N) is 1. The van der Waals surface area contributed by atoms with Crippen molar-refractivity contribution < 1.29 is 9.53 Å². The second-order valence-corrected chi connectivity index (χ2v) is 6.79. The van der Waals surface area contributed by atoms with E-state index in [0.717, 1.165) is 39.0 Å². The summed E-state index contributed by atoms with van der Waals surface area (Å²) in [5.74, 6) is 0. The summed E-state index contributed by atoms with van der Waals surface area (Å²) in [5, 5.41) is 3.57. The van der Waals surface area contributed by atoms with Crippen LogP contribution in [0, 0.1) is 0 Å². The highest BCUT2D eigenvalue weighted by atomic mass is 16.6. The van der Waals surface area contributed by atoms with Crippen molar-refractivity contribution in [3.05, 3.63) is 18.2 Å². The minimum atomic E-state index is -0.426. The molecular formula is C16H28N4O2. The third-order valence-electron chi connectivity index (χ3n) is 3.86. The van der Waals surface area contributed by atoms with Crippen molar-refractivity contribution in [2.24, 2.45) is 0 Å². The normalized spacial score (nSPS) is 16.8. The van der Waals surface area contributed by atoms with Crippen molar-refractivity contribution in [3.8, 4) is 0 Å². The Morgan fingerprint density at radius 1 is 1.41 bits per heavy atom. The van der Waals surface area contributed by atoms with Gasteiger partial charge in [0, 0.05) is 38.4 Å². The maximum Gasteiger partial charge on any atom is 0.410 e. The number of amides is 1. The van der Waals surface area contributed by atoms with Crippen LogP contribution in [0.5, 0.6) is 0 Å². The van der Waals surface area contributed by atoms with E-state index in [1.54, 1.807) is 4.90 Å². The van der Waals surface area contributed by atoms with Gasteiger partial charge >= 0.3 is 6.09 Å². The zero-order valence-electron chi connectivity index (χ0n) is 14.1. The molecule has 1 aromatic heterocycles. The summed E-state index contributed by atoms with van der Waals surface area (Å²) < 4.78 is 7.56. The molecule has 1 saturated heterocycles. The Labute approximate surface area is 132 Å². The summed E-state index contributed by atoms with van der Waals surface area (Å²) in [6, 6.07) is 0.443. The van der Waals surface area contributed by atoms with Crippen molar-refractivity contribution in [3.63, 3.8) is 0 Å². The van der Waals surface area contributed by atoms with Gasteiger partial charge in [0.15, 0.2) is 0 Å². The molecule has 22 heavy (non-hydrogen) atoms. The predicted molar refractivity (Wildman–Crippen MR) is 85.6 cm³/mol. The summed E-state index contributed by atoms with van der Waals surface area (Å²) in [4.78, 5) is 18.0. The van der Waals surface area contributed by atoms with Gasteiger partial charge in [-0.05, 0) is 40.5 Å². The van der Waals surface area contributed by atoms with Crippen LogP contribution in [0.1, 0.15) is 46.2 Å². The Balaban J connectivity index is 1.74. The van der Waals surface area contributed by atoms with Crippen LogP contribution in [0.15, 0.2) is 12.5 Å². The van der Waals surface area contributed by atoms with Gasteiger partial charge in [0.25, 0.3) is 0 Å². The molecule has 1 N–H and O–H groups in total. The standard InChI is InChI=1S/C16H28N4O2/c1-5-19-12-17-10-14(19)11-18-13-6-8-20(9-7-13)15(21)22-16(2,3)4/h10,12-13,18H,5-9,11H2,1-4H3. The zero-order valence-corrected chi connectivity index (χ0v) is 14.1. The molecule has 0 bridgehead atoms. The van der Waals surface area contributed by atoms with Gasteiger partial charge in [-0.3, -0.25) is 0 Å². The lowest BCUT2D eigenvalue weighted by Crippen LogP contribution is -2.46. The Hall–Kier alpha value is -1.56. The molecular weight excluding hydrogens is 280 g/mol. The molecule has 2 heterocycles. The van der Waals surface area contributed by atoms with E-state index < -0.39 is 5.60 Å². The van der Waals surface area contributed by atoms with Crippen molar-refractivity contribution in [2.45, 2.75) is 65.3 Å². The van der Waals surface area contributed by atoms with Crippen LogP contribution in [0.4, 0.5) is 4.79 Å². The first kappa shape index (κ1) is 16.8. The van der Waals surface area contributed by atoms with Gasteiger partial charge in [0.2, 0.25) is 0 Å². The number of rotatable bonds is 4. The van der Waals surface area contributed by atoms with Crippen LogP contribution in [-0.4, -0.2) is 45.3 Å². The Bertz CT molecular complexity index is 485. The molecule has 0 radical (unpaired) electrons. The second kappa shape index (κ2) is 7.13. The first-order chi connectivity index (χ1) is 10.4. The molecule has 1 amide bonds. The Morgan fingerprint density at radius 3 is 2.68 bits per heavy atom. The SMILES string of the molecule is CCn1cncc1CNC1CCN(C(=O)OC(C)(C)C)CC1.